The summed E-state index contributed by atoms with van der Waals surface area (Å²) in [4.78, 5) is 0. The fraction of sp³-hybridized carbons (Fsp3) is 0.333. The molecule has 1 atom stereocenters. The van der Waals surface area contributed by atoms with E-state index < -0.39 is 17.7 Å². The number of ether oxygens (including phenoxy) is 1. The molecule has 0 saturated heterocycles. The molecule has 13 heavy (non-hydrogen) atoms. The Balaban J connectivity index is 2.95. The van der Waals surface area contributed by atoms with Gasteiger partial charge < -0.3 is 9.84 Å². The maximum atomic E-state index is 12.7. The molecule has 0 fully saturated rings. The normalized spacial score (nSPS) is 12.9. The Bertz CT molecular complexity index is 285. The summed E-state index contributed by atoms with van der Waals surface area (Å²) in [5.74, 6) is -1.84. The van der Waals surface area contributed by atoms with Gasteiger partial charge in [0.2, 0.25) is 0 Å². The van der Waals surface area contributed by atoms with Crippen molar-refractivity contribution < 1.29 is 18.6 Å². The first-order chi connectivity index (χ1) is 6.19. The van der Waals surface area contributed by atoms with E-state index >= 15 is 0 Å². The molecule has 4 heteroatoms. The fourth-order valence-electron chi connectivity index (χ4n) is 1.03. The molecule has 0 aromatic heterocycles. The van der Waals surface area contributed by atoms with E-state index in [0.29, 0.717) is 5.56 Å². The maximum absolute atomic E-state index is 12.7. The van der Waals surface area contributed by atoms with E-state index in [1.54, 1.807) is 0 Å². The highest BCUT2D eigenvalue weighted by molar-refractivity contribution is 5.20. The molecule has 1 aromatic rings. The van der Waals surface area contributed by atoms with Gasteiger partial charge in [0.1, 0.15) is 6.10 Å². The summed E-state index contributed by atoms with van der Waals surface area (Å²) < 4.78 is 30.0. The molecule has 1 N–H and O–H groups in total. The van der Waals surface area contributed by atoms with Gasteiger partial charge in [0.15, 0.2) is 11.6 Å². The summed E-state index contributed by atoms with van der Waals surface area (Å²) in [6.45, 7) is -0.262. The van der Waals surface area contributed by atoms with Crippen molar-refractivity contribution >= 4 is 0 Å². The van der Waals surface area contributed by atoms with Gasteiger partial charge in [-0.1, -0.05) is 6.07 Å². The lowest BCUT2D eigenvalue weighted by atomic mass is 10.1. The van der Waals surface area contributed by atoms with Crippen molar-refractivity contribution in [2.45, 2.75) is 6.10 Å². The fourth-order valence-corrected chi connectivity index (χ4v) is 1.03. The van der Waals surface area contributed by atoms with Crippen LogP contribution in [-0.2, 0) is 4.74 Å². The average Bonchev–Trinajstić information content (AvgIpc) is 2.13. The molecule has 0 amide bonds. The van der Waals surface area contributed by atoms with Gasteiger partial charge in [0.25, 0.3) is 0 Å². The van der Waals surface area contributed by atoms with Gasteiger partial charge in [0.05, 0.1) is 6.61 Å². The van der Waals surface area contributed by atoms with Crippen molar-refractivity contribution in [3.8, 4) is 0 Å². The van der Waals surface area contributed by atoms with Crippen LogP contribution in [0.1, 0.15) is 11.7 Å². The highest BCUT2D eigenvalue weighted by Crippen LogP contribution is 2.18. The van der Waals surface area contributed by atoms with Crippen LogP contribution in [0.15, 0.2) is 18.2 Å². The molecule has 0 heterocycles. The van der Waals surface area contributed by atoms with Crippen molar-refractivity contribution in [2.75, 3.05) is 13.7 Å². The number of hydrogen-bond donors (Lipinski definition) is 1. The number of aliphatic hydroxyl groups is 1. The maximum Gasteiger partial charge on any atom is 0.159 e. The average molecular weight is 188 g/mol. The zero-order valence-electron chi connectivity index (χ0n) is 7.13. The van der Waals surface area contributed by atoms with E-state index in [9.17, 15) is 8.78 Å². The summed E-state index contributed by atoms with van der Waals surface area (Å²) in [7, 11) is 1.39. The van der Waals surface area contributed by atoms with Crippen LogP contribution in [0.2, 0.25) is 0 Å². The molecular formula is C9H10F2O2. The Morgan fingerprint density at radius 2 is 2.08 bits per heavy atom. The highest BCUT2D eigenvalue weighted by atomic mass is 19.2. The summed E-state index contributed by atoms with van der Waals surface area (Å²) in [5.41, 5.74) is 0.420. The molecule has 0 saturated carbocycles. The van der Waals surface area contributed by atoms with Crippen LogP contribution in [0.25, 0.3) is 0 Å². The summed E-state index contributed by atoms with van der Waals surface area (Å²) in [6.07, 6.45) is -0.602. The first-order valence-electron chi connectivity index (χ1n) is 3.77. The Hall–Kier alpha value is -1.00. The molecule has 1 unspecified atom stereocenters. The van der Waals surface area contributed by atoms with Gasteiger partial charge in [-0.25, -0.2) is 8.78 Å². The topological polar surface area (TPSA) is 29.5 Å². The van der Waals surface area contributed by atoms with Crippen molar-refractivity contribution in [1.29, 1.82) is 0 Å². The molecule has 0 aliphatic carbocycles. The summed E-state index contributed by atoms with van der Waals surface area (Å²) in [6, 6.07) is 3.40. The zero-order valence-corrected chi connectivity index (χ0v) is 7.13. The molecule has 2 nitrogen and oxygen atoms in total. The molecule has 0 spiro atoms. The summed E-state index contributed by atoms with van der Waals surface area (Å²) >= 11 is 0. The molecule has 1 rings (SSSR count). The lowest BCUT2D eigenvalue weighted by Crippen LogP contribution is -2.06. The smallest absolute Gasteiger partial charge is 0.159 e. The van der Waals surface area contributed by atoms with Crippen molar-refractivity contribution in [1.82, 2.24) is 0 Å². The third kappa shape index (κ3) is 2.23. The Morgan fingerprint density at radius 1 is 1.38 bits per heavy atom. The van der Waals surface area contributed by atoms with Crippen LogP contribution in [0, 0.1) is 11.6 Å². The number of methoxy groups -OCH3 is 1. The first kappa shape index (κ1) is 10.1. The lowest BCUT2D eigenvalue weighted by Gasteiger charge is -2.12. The first-order valence-corrected chi connectivity index (χ1v) is 3.77. The van der Waals surface area contributed by atoms with Crippen LogP contribution in [0.5, 0.6) is 0 Å². The quantitative estimate of drug-likeness (QED) is 0.781. The van der Waals surface area contributed by atoms with E-state index in [0.717, 1.165) is 12.1 Å². The minimum Gasteiger partial charge on any atom is -0.393 e. The third-order valence-electron chi connectivity index (χ3n) is 1.77. The van der Waals surface area contributed by atoms with E-state index in [-0.39, 0.29) is 6.61 Å². The second kappa shape index (κ2) is 4.30. The Kier molecular flexibility index (Phi) is 3.33. The van der Waals surface area contributed by atoms with Crippen LogP contribution < -0.4 is 0 Å². The number of rotatable bonds is 3. The summed E-state index contributed by atoms with van der Waals surface area (Å²) in [5, 5.41) is 8.80. The highest BCUT2D eigenvalue weighted by Gasteiger charge is 2.11. The third-order valence-corrected chi connectivity index (χ3v) is 1.77. The number of halogens is 2. The van der Waals surface area contributed by atoms with Gasteiger partial charge in [-0.15, -0.1) is 0 Å². The molecule has 0 aliphatic heterocycles. The van der Waals surface area contributed by atoms with Crippen LogP contribution >= 0.6 is 0 Å². The van der Waals surface area contributed by atoms with Gasteiger partial charge in [0, 0.05) is 7.11 Å². The minimum absolute atomic E-state index is 0.262. The molecule has 1 aromatic carbocycles. The number of benzene rings is 1. The van der Waals surface area contributed by atoms with Crippen LogP contribution in [0.3, 0.4) is 0 Å². The Labute approximate surface area is 74.8 Å². The van der Waals surface area contributed by atoms with E-state index in [4.69, 9.17) is 9.84 Å². The predicted octanol–water partition coefficient (Wildman–Crippen LogP) is 1.64. The number of hydrogen-bond acceptors (Lipinski definition) is 2. The van der Waals surface area contributed by atoms with Gasteiger partial charge in [-0.2, -0.15) is 0 Å². The lowest BCUT2D eigenvalue weighted by molar-refractivity contribution is 0.0481. The minimum atomic E-state index is -0.937. The monoisotopic (exact) mass is 188 g/mol. The molecule has 0 radical (unpaired) electrons. The second-order valence-electron chi connectivity index (χ2n) is 2.58. The van der Waals surface area contributed by atoms with Crippen molar-refractivity contribution in [3.05, 3.63) is 35.4 Å². The molecule has 0 bridgehead atoms. The number of aliphatic hydroxyl groups excluding tert-OH is 1. The standard InChI is InChI=1S/C9H10F2O2/c1-13-9(5-12)6-2-3-7(10)8(11)4-6/h2-4,9,12H,5H2,1H3. The largest absolute Gasteiger partial charge is 0.393 e. The van der Waals surface area contributed by atoms with Gasteiger partial charge >= 0.3 is 0 Å². The molecule has 0 aliphatic rings. The molecule has 72 valence electrons. The van der Waals surface area contributed by atoms with E-state index in [1.807, 2.05) is 0 Å². The molecular weight excluding hydrogens is 178 g/mol. The van der Waals surface area contributed by atoms with E-state index in [2.05, 4.69) is 0 Å². The van der Waals surface area contributed by atoms with Gasteiger partial charge in [-0.05, 0) is 17.7 Å². The predicted molar refractivity (Wildman–Crippen MR) is 43.2 cm³/mol. The Morgan fingerprint density at radius 3 is 2.54 bits per heavy atom. The van der Waals surface area contributed by atoms with Crippen LogP contribution in [0.4, 0.5) is 8.78 Å². The van der Waals surface area contributed by atoms with Crippen LogP contribution in [-0.4, -0.2) is 18.8 Å². The van der Waals surface area contributed by atoms with Crippen molar-refractivity contribution in [2.24, 2.45) is 0 Å². The van der Waals surface area contributed by atoms with E-state index in [1.165, 1.54) is 13.2 Å². The zero-order chi connectivity index (χ0) is 9.84. The van der Waals surface area contributed by atoms with Crippen molar-refractivity contribution in [3.63, 3.8) is 0 Å². The second-order valence-corrected chi connectivity index (χ2v) is 2.58. The SMILES string of the molecule is COC(CO)c1ccc(F)c(F)c1. The van der Waals surface area contributed by atoms with Gasteiger partial charge in [-0.3, -0.25) is 0 Å².